The fraction of sp³-hybridized carbons (Fsp3) is 0.278. The average molecular weight is 700 g/mol. The SMILES string of the molecule is Cc1ccc(CN(C(=O)CN(c2ccc(Cl)c(C(F)(F)F)c2)S(=O)(=O)c2ccc(C)cc2)C(Cc2ccccc2)C(=O)NC(C)C)cc1. The predicted molar refractivity (Wildman–Crippen MR) is 181 cm³/mol. The molecule has 0 heterocycles. The summed E-state index contributed by atoms with van der Waals surface area (Å²) >= 11 is 5.88. The molecule has 48 heavy (non-hydrogen) atoms. The maximum atomic E-state index is 14.5. The molecule has 2 amide bonds. The Bertz CT molecular complexity index is 1830. The molecule has 254 valence electrons. The maximum absolute atomic E-state index is 14.5. The summed E-state index contributed by atoms with van der Waals surface area (Å²) in [5.41, 5.74) is 1.47. The van der Waals surface area contributed by atoms with E-state index < -0.39 is 56.9 Å². The van der Waals surface area contributed by atoms with Crippen LogP contribution < -0.4 is 9.62 Å². The highest BCUT2D eigenvalue weighted by molar-refractivity contribution is 7.92. The van der Waals surface area contributed by atoms with Crippen molar-refractivity contribution in [2.24, 2.45) is 0 Å². The summed E-state index contributed by atoms with van der Waals surface area (Å²) in [6.07, 6.45) is -4.80. The highest BCUT2D eigenvalue weighted by Crippen LogP contribution is 2.38. The lowest BCUT2D eigenvalue weighted by Crippen LogP contribution is -2.54. The van der Waals surface area contributed by atoms with E-state index in [1.54, 1.807) is 57.2 Å². The number of amides is 2. The van der Waals surface area contributed by atoms with Gasteiger partial charge in [-0.1, -0.05) is 89.5 Å². The number of rotatable bonds is 12. The lowest BCUT2D eigenvalue weighted by atomic mass is 10.0. The Kier molecular flexibility index (Phi) is 11.6. The molecule has 7 nitrogen and oxygen atoms in total. The molecule has 4 aromatic carbocycles. The van der Waals surface area contributed by atoms with Gasteiger partial charge >= 0.3 is 6.18 Å². The predicted octanol–water partition coefficient (Wildman–Crippen LogP) is 7.34. The third-order valence-electron chi connectivity index (χ3n) is 7.61. The Morgan fingerprint density at radius 3 is 1.98 bits per heavy atom. The normalized spacial score (nSPS) is 12.4. The minimum Gasteiger partial charge on any atom is -0.352 e. The highest BCUT2D eigenvalue weighted by atomic mass is 35.5. The van der Waals surface area contributed by atoms with Gasteiger partial charge in [0.25, 0.3) is 10.0 Å². The van der Waals surface area contributed by atoms with Crippen LogP contribution in [-0.2, 0) is 38.8 Å². The molecule has 1 atom stereocenters. The van der Waals surface area contributed by atoms with Gasteiger partial charge in [-0.25, -0.2) is 8.42 Å². The first-order chi connectivity index (χ1) is 22.6. The fourth-order valence-electron chi connectivity index (χ4n) is 5.08. The van der Waals surface area contributed by atoms with Gasteiger partial charge in [-0.05, 0) is 69.2 Å². The number of anilines is 1. The van der Waals surface area contributed by atoms with E-state index in [2.05, 4.69) is 5.32 Å². The smallest absolute Gasteiger partial charge is 0.352 e. The van der Waals surface area contributed by atoms with Gasteiger partial charge in [0.1, 0.15) is 12.6 Å². The first kappa shape index (κ1) is 36.5. The molecule has 0 saturated heterocycles. The molecule has 0 aliphatic carbocycles. The molecule has 0 aromatic heterocycles. The van der Waals surface area contributed by atoms with Crippen LogP contribution in [0.2, 0.25) is 5.02 Å². The van der Waals surface area contributed by atoms with Crippen molar-refractivity contribution in [3.8, 4) is 0 Å². The lowest BCUT2D eigenvalue weighted by Gasteiger charge is -2.34. The third kappa shape index (κ3) is 9.17. The zero-order valence-corrected chi connectivity index (χ0v) is 28.5. The van der Waals surface area contributed by atoms with E-state index in [0.29, 0.717) is 15.9 Å². The van der Waals surface area contributed by atoms with Crippen LogP contribution in [-0.4, -0.2) is 43.8 Å². The van der Waals surface area contributed by atoms with Crippen LogP contribution in [0.25, 0.3) is 0 Å². The molecule has 1 unspecified atom stereocenters. The molecule has 1 N–H and O–H groups in total. The van der Waals surface area contributed by atoms with Gasteiger partial charge in [0.2, 0.25) is 11.8 Å². The van der Waals surface area contributed by atoms with Gasteiger partial charge in [0.05, 0.1) is 21.2 Å². The minimum atomic E-state index is -4.90. The lowest BCUT2D eigenvalue weighted by molar-refractivity contribution is -0.140. The summed E-state index contributed by atoms with van der Waals surface area (Å²) in [5.74, 6) is -1.26. The van der Waals surface area contributed by atoms with Gasteiger partial charge < -0.3 is 10.2 Å². The van der Waals surface area contributed by atoms with Crippen molar-refractivity contribution in [3.63, 3.8) is 0 Å². The van der Waals surface area contributed by atoms with E-state index in [0.717, 1.165) is 28.8 Å². The van der Waals surface area contributed by atoms with E-state index in [1.165, 1.54) is 17.0 Å². The van der Waals surface area contributed by atoms with Crippen molar-refractivity contribution in [2.75, 3.05) is 10.8 Å². The number of aryl methyl sites for hydroxylation is 2. The number of halogens is 4. The monoisotopic (exact) mass is 699 g/mol. The molecule has 4 rings (SSSR count). The van der Waals surface area contributed by atoms with Crippen molar-refractivity contribution in [3.05, 3.63) is 130 Å². The van der Waals surface area contributed by atoms with E-state index in [-0.39, 0.29) is 23.9 Å². The van der Waals surface area contributed by atoms with Crippen molar-refractivity contribution < 1.29 is 31.2 Å². The van der Waals surface area contributed by atoms with E-state index in [1.807, 2.05) is 37.3 Å². The summed E-state index contributed by atoms with van der Waals surface area (Å²) in [6, 6.07) is 23.4. The molecule has 0 aliphatic heterocycles. The third-order valence-corrected chi connectivity index (χ3v) is 9.72. The van der Waals surface area contributed by atoms with E-state index >= 15 is 0 Å². The quantitative estimate of drug-likeness (QED) is 0.168. The summed E-state index contributed by atoms with van der Waals surface area (Å²) < 4.78 is 70.8. The van der Waals surface area contributed by atoms with Crippen LogP contribution in [0.5, 0.6) is 0 Å². The van der Waals surface area contributed by atoms with Gasteiger partial charge in [-0.2, -0.15) is 13.2 Å². The van der Waals surface area contributed by atoms with Gasteiger partial charge in [0.15, 0.2) is 0 Å². The van der Waals surface area contributed by atoms with Crippen LogP contribution in [0.1, 0.15) is 41.7 Å². The number of sulfonamides is 1. The maximum Gasteiger partial charge on any atom is 0.417 e. The molecule has 0 saturated carbocycles. The second-order valence-electron chi connectivity index (χ2n) is 11.9. The number of alkyl halides is 3. The van der Waals surface area contributed by atoms with Crippen molar-refractivity contribution in [1.29, 1.82) is 0 Å². The molecule has 0 radical (unpaired) electrons. The molecule has 0 bridgehead atoms. The standard InChI is InChI=1S/C36H37ClF3N3O4S/c1-24(2)41-35(45)33(20-27-8-6-5-7-9-27)42(22-28-14-10-25(3)11-15-28)34(44)23-43(48(46,47)30-17-12-26(4)13-18-30)29-16-19-32(37)31(21-29)36(38,39)40/h5-19,21,24,33H,20,22-23H2,1-4H3,(H,41,45). The molecule has 0 spiro atoms. The van der Waals surface area contributed by atoms with Gasteiger partial charge in [0, 0.05) is 19.0 Å². The van der Waals surface area contributed by atoms with Gasteiger partial charge in [-0.3, -0.25) is 13.9 Å². The van der Waals surface area contributed by atoms with Crippen LogP contribution >= 0.6 is 11.6 Å². The average Bonchev–Trinajstić information content (AvgIpc) is 3.02. The molecular weight excluding hydrogens is 663 g/mol. The highest BCUT2D eigenvalue weighted by Gasteiger charge is 2.37. The number of hydrogen-bond donors (Lipinski definition) is 1. The zero-order chi connectivity index (χ0) is 35.2. The Balaban J connectivity index is 1.86. The molecule has 4 aromatic rings. The Morgan fingerprint density at radius 2 is 1.42 bits per heavy atom. The second kappa shape index (κ2) is 15.3. The van der Waals surface area contributed by atoms with Crippen molar-refractivity contribution >= 4 is 39.1 Å². The minimum absolute atomic E-state index is 0.0744. The molecule has 0 aliphatic rings. The number of nitrogens with one attached hydrogen (secondary N) is 1. The number of benzene rings is 4. The van der Waals surface area contributed by atoms with Crippen LogP contribution in [0.3, 0.4) is 0 Å². The van der Waals surface area contributed by atoms with Crippen LogP contribution in [0.4, 0.5) is 18.9 Å². The summed E-state index contributed by atoms with van der Waals surface area (Å²) in [5, 5.41) is 2.24. The fourth-order valence-corrected chi connectivity index (χ4v) is 6.71. The molecular formula is C36H37ClF3N3O4S. The molecule has 0 fully saturated rings. The second-order valence-corrected chi connectivity index (χ2v) is 14.1. The first-order valence-corrected chi connectivity index (χ1v) is 17.0. The topological polar surface area (TPSA) is 86.8 Å². The van der Waals surface area contributed by atoms with Crippen LogP contribution in [0, 0.1) is 13.8 Å². The number of hydrogen-bond acceptors (Lipinski definition) is 4. The summed E-state index contributed by atoms with van der Waals surface area (Å²) in [7, 11) is -4.60. The number of nitrogens with zero attached hydrogens (tertiary/aromatic N) is 2. The summed E-state index contributed by atoms with van der Waals surface area (Å²) in [6.45, 7) is 6.23. The van der Waals surface area contributed by atoms with Gasteiger partial charge in [-0.15, -0.1) is 0 Å². The Labute approximate surface area is 284 Å². The van der Waals surface area contributed by atoms with E-state index in [9.17, 15) is 31.2 Å². The summed E-state index contributed by atoms with van der Waals surface area (Å²) in [4.78, 5) is 29.3. The zero-order valence-electron chi connectivity index (χ0n) is 27.0. The van der Waals surface area contributed by atoms with Crippen molar-refractivity contribution in [2.45, 2.75) is 63.8 Å². The van der Waals surface area contributed by atoms with Crippen molar-refractivity contribution in [1.82, 2.24) is 10.2 Å². The van der Waals surface area contributed by atoms with Crippen LogP contribution in [0.15, 0.2) is 102 Å². The Hall–Kier alpha value is -4.35. The largest absolute Gasteiger partial charge is 0.417 e. The first-order valence-electron chi connectivity index (χ1n) is 15.2. The molecule has 12 heteroatoms. The number of carbonyl (C=O) groups is 2. The Morgan fingerprint density at radius 1 is 0.833 bits per heavy atom. The van der Waals surface area contributed by atoms with E-state index in [4.69, 9.17) is 11.6 Å². The number of carbonyl (C=O) groups excluding carboxylic acids is 2.